The second-order valence-electron chi connectivity index (χ2n) is 5.98. The van der Waals surface area contributed by atoms with Crippen molar-refractivity contribution < 1.29 is 5.11 Å². The van der Waals surface area contributed by atoms with Crippen LogP contribution in [0.25, 0.3) is 0 Å². The lowest BCUT2D eigenvalue weighted by atomic mass is 10.1. The zero-order valence-electron chi connectivity index (χ0n) is 11.4. The minimum Gasteiger partial charge on any atom is -0.390 e. The van der Waals surface area contributed by atoms with Crippen molar-refractivity contribution in [2.24, 2.45) is 0 Å². The van der Waals surface area contributed by atoms with Gasteiger partial charge in [-0.3, -0.25) is 0 Å². The van der Waals surface area contributed by atoms with Crippen molar-refractivity contribution in [1.82, 2.24) is 4.90 Å². The number of benzene rings is 1. The van der Waals surface area contributed by atoms with E-state index in [1.807, 2.05) is 6.07 Å². The Kier molecular flexibility index (Phi) is 3.46. The first kappa shape index (κ1) is 13.2. The Labute approximate surface area is 119 Å². The molecule has 0 aromatic heterocycles. The van der Waals surface area contributed by atoms with Crippen molar-refractivity contribution >= 4 is 17.3 Å². The molecule has 1 N–H and O–H groups in total. The molecule has 2 fully saturated rings. The number of rotatable bonds is 3. The first-order valence-corrected chi connectivity index (χ1v) is 7.38. The molecule has 1 aliphatic carbocycles. The lowest BCUT2D eigenvalue weighted by Gasteiger charge is -2.34. The second kappa shape index (κ2) is 4.97. The molecule has 0 atom stereocenters. The molecule has 3 rings (SSSR count). The zero-order valence-corrected chi connectivity index (χ0v) is 12.2. The molecular weight excluding hydrogens is 260 g/mol. The van der Waals surface area contributed by atoms with E-state index in [1.165, 1.54) is 0 Å². The van der Waals surface area contributed by atoms with Gasteiger partial charge in [0.05, 0.1) is 16.3 Å². The molecule has 0 bridgehead atoms. The average molecular weight is 281 g/mol. The second-order valence-corrected chi connectivity index (χ2v) is 6.38. The number of aliphatic hydroxyl groups is 1. The molecule has 19 heavy (non-hydrogen) atoms. The predicted molar refractivity (Wildman–Crippen MR) is 79.0 cm³/mol. The average Bonchev–Trinajstić information content (AvgIpc) is 3.08. The van der Waals surface area contributed by atoms with Crippen LogP contribution in [-0.2, 0) is 6.42 Å². The van der Waals surface area contributed by atoms with Crippen LogP contribution in [-0.4, -0.2) is 48.8 Å². The maximum atomic E-state index is 9.96. The number of piperazine rings is 1. The summed E-state index contributed by atoms with van der Waals surface area (Å²) in [4.78, 5) is 4.68. The largest absolute Gasteiger partial charge is 0.390 e. The fourth-order valence-electron chi connectivity index (χ4n) is 2.67. The van der Waals surface area contributed by atoms with E-state index in [4.69, 9.17) is 11.6 Å². The topological polar surface area (TPSA) is 26.7 Å². The summed E-state index contributed by atoms with van der Waals surface area (Å²) in [6.45, 7) is 4.22. The van der Waals surface area contributed by atoms with E-state index in [9.17, 15) is 5.11 Å². The Morgan fingerprint density at radius 3 is 2.47 bits per heavy atom. The van der Waals surface area contributed by atoms with E-state index < -0.39 is 5.60 Å². The number of anilines is 1. The highest BCUT2D eigenvalue weighted by atomic mass is 35.5. The van der Waals surface area contributed by atoms with Crippen LogP contribution >= 0.6 is 11.6 Å². The van der Waals surface area contributed by atoms with Crippen LogP contribution in [0.4, 0.5) is 5.69 Å². The van der Waals surface area contributed by atoms with Gasteiger partial charge in [0.1, 0.15) is 0 Å². The van der Waals surface area contributed by atoms with Crippen LogP contribution in [0.15, 0.2) is 18.2 Å². The van der Waals surface area contributed by atoms with E-state index in [2.05, 4.69) is 29.0 Å². The van der Waals surface area contributed by atoms with Crippen molar-refractivity contribution in [3.63, 3.8) is 0 Å². The van der Waals surface area contributed by atoms with Gasteiger partial charge in [-0.05, 0) is 37.6 Å². The third-order valence-electron chi connectivity index (χ3n) is 4.22. The summed E-state index contributed by atoms with van der Waals surface area (Å²) in [7, 11) is 2.15. The van der Waals surface area contributed by atoms with Crippen molar-refractivity contribution in [2.75, 3.05) is 38.1 Å². The van der Waals surface area contributed by atoms with Gasteiger partial charge >= 0.3 is 0 Å². The maximum absolute atomic E-state index is 9.96. The van der Waals surface area contributed by atoms with Crippen LogP contribution in [0.2, 0.25) is 5.02 Å². The van der Waals surface area contributed by atoms with E-state index >= 15 is 0 Å². The third kappa shape index (κ3) is 3.04. The highest BCUT2D eigenvalue weighted by Crippen LogP contribution is 2.39. The Hall–Kier alpha value is -0.770. The summed E-state index contributed by atoms with van der Waals surface area (Å²) in [5.41, 5.74) is 1.82. The smallest absolute Gasteiger partial charge is 0.0690 e. The molecule has 104 valence electrons. The molecular formula is C15H21ClN2O. The summed E-state index contributed by atoms with van der Waals surface area (Å²) in [5, 5.41) is 10.8. The van der Waals surface area contributed by atoms with E-state index in [-0.39, 0.29) is 0 Å². The van der Waals surface area contributed by atoms with E-state index in [0.29, 0.717) is 0 Å². The molecule has 1 saturated heterocycles. The van der Waals surface area contributed by atoms with Gasteiger partial charge in [0.2, 0.25) is 0 Å². The van der Waals surface area contributed by atoms with Crippen molar-refractivity contribution in [1.29, 1.82) is 0 Å². The molecule has 2 aliphatic rings. The van der Waals surface area contributed by atoms with Gasteiger partial charge in [0, 0.05) is 32.6 Å². The normalized spacial score (nSPS) is 22.6. The fraction of sp³-hybridized carbons (Fsp3) is 0.600. The predicted octanol–water partition coefficient (Wildman–Crippen LogP) is 2.16. The van der Waals surface area contributed by atoms with Crippen LogP contribution < -0.4 is 4.90 Å². The van der Waals surface area contributed by atoms with Crippen molar-refractivity contribution in [3.8, 4) is 0 Å². The van der Waals surface area contributed by atoms with Crippen molar-refractivity contribution in [3.05, 3.63) is 28.8 Å². The molecule has 0 radical (unpaired) electrons. The van der Waals surface area contributed by atoms with Gasteiger partial charge in [0.15, 0.2) is 0 Å². The zero-order chi connectivity index (χ0) is 13.5. The molecule has 0 unspecified atom stereocenters. The fourth-order valence-corrected chi connectivity index (χ4v) is 2.99. The van der Waals surface area contributed by atoms with Crippen LogP contribution in [0.1, 0.15) is 18.4 Å². The van der Waals surface area contributed by atoms with Crippen LogP contribution in [0.3, 0.4) is 0 Å². The summed E-state index contributed by atoms with van der Waals surface area (Å²) in [6, 6.07) is 6.23. The molecule has 1 aromatic rings. The Bertz CT molecular complexity index is 465. The molecule has 1 heterocycles. The Morgan fingerprint density at radius 1 is 1.21 bits per heavy atom. The monoisotopic (exact) mass is 280 g/mol. The van der Waals surface area contributed by atoms with Gasteiger partial charge in [0.25, 0.3) is 0 Å². The van der Waals surface area contributed by atoms with Crippen LogP contribution in [0.5, 0.6) is 0 Å². The van der Waals surface area contributed by atoms with Gasteiger partial charge in [-0.25, -0.2) is 0 Å². The van der Waals surface area contributed by atoms with E-state index in [1.54, 1.807) is 0 Å². The minimum atomic E-state index is -0.446. The van der Waals surface area contributed by atoms with Gasteiger partial charge in [-0.2, -0.15) is 0 Å². The lowest BCUT2D eigenvalue weighted by Crippen LogP contribution is -2.44. The Morgan fingerprint density at radius 2 is 1.89 bits per heavy atom. The molecule has 0 spiro atoms. The standard InChI is InChI=1S/C15H21ClN2O/c1-17-6-8-18(9-7-17)14-3-2-12(10-13(14)16)11-15(19)4-5-15/h2-3,10,19H,4-9,11H2,1H3. The first-order valence-electron chi connectivity index (χ1n) is 7.00. The highest BCUT2D eigenvalue weighted by Gasteiger charge is 2.40. The summed E-state index contributed by atoms with van der Waals surface area (Å²) in [5.74, 6) is 0. The van der Waals surface area contributed by atoms with E-state index in [0.717, 1.165) is 61.7 Å². The quantitative estimate of drug-likeness (QED) is 0.919. The number of nitrogens with zero attached hydrogens (tertiary/aromatic N) is 2. The van der Waals surface area contributed by atoms with Crippen LogP contribution in [0, 0.1) is 0 Å². The molecule has 1 saturated carbocycles. The number of hydrogen-bond acceptors (Lipinski definition) is 3. The number of hydrogen-bond donors (Lipinski definition) is 1. The third-order valence-corrected chi connectivity index (χ3v) is 4.52. The minimum absolute atomic E-state index is 0.446. The number of halogens is 1. The summed E-state index contributed by atoms with van der Waals surface area (Å²) in [6.07, 6.45) is 2.57. The highest BCUT2D eigenvalue weighted by molar-refractivity contribution is 6.33. The SMILES string of the molecule is CN1CCN(c2ccc(CC3(O)CC3)cc2Cl)CC1. The molecule has 1 aromatic carbocycles. The van der Waals surface area contributed by atoms with Gasteiger partial charge in [-0.1, -0.05) is 17.7 Å². The summed E-state index contributed by atoms with van der Waals surface area (Å²) < 4.78 is 0. The first-order chi connectivity index (χ1) is 9.06. The molecule has 1 aliphatic heterocycles. The maximum Gasteiger partial charge on any atom is 0.0690 e. The number of likely N-dealkylation sites (N-methyl/N-ethyl adjacent to an activating group) is 1. The van der Waals surface area contributed by atoms with Gasteiger partial charge in [-0.15, -0.1) is 0 Å². The van der Waals surface area contributed by atoms with Crippen molar-refractivity contribution in [2.45, 2.75) is 24.9 Å². The Balaban J connectivity index is 1.72. The molecule has 3 nitrogen and oxygen atoms in total. The van der Waals surface area contributed by atoms with Gasteiger partial charge < -0.3 is 14.9 Å². The molecule has 4 heteroatoms. The summed E-state index contributed by atoms with van der Waals surface area (Å²) >= 11 is 6.41. The molecule has 0 amide bonds. The lowest BCUT2D eigenvalue weighted by molar-refractivity contribution is 0.151.